The summed E-state index contributed by atoms with van der Waals surface area (Å²) in [6.07, 6.45) is 1.79. The summed E-state index contributed by atoms with van der Waals surface area (Å²) in [6, 6.07) is 4.44. The third-order valence-electron chi connectivity index (χ3n) is 1.53. The smallest absolute Gasteiger partial charge is 0.175 e. The van der Waals surface area contributed by atoms with Gasteiger partial charge in [0.15, 0.2) is 11.6 Å². The fraction of sp³-hybridized carbons (Fsp3) is 0.222. The molecular formula is C9H8ClFOS. The van der Waals surface area contributed by atoms with E-state index >= 15 is 0 Å². The van der Waals surface area contributed by atoms with E-state index < -0.39 is 5.82 Å². The highest BCUT2D eigenvalue weighted by atomic mass is 35.5. The van der Waals surface area contributed by atoms with Crippen LogP contribution in [0.25, 0.3) is 0 Å². The number of benzene rings is 1. The van der Waals surface area contributed by atoms with Crippen molar-refractivity contribution in [2.24, 2.45) is 0 Å². The first-order chi connectivity index (χ1) is 6.16. The molecule has 0 N–H and O–H groups in total. The highest BCUT2D eigenvalue weighted by molar-refractivity contribution is 7.99. The van der Waals surface area contributed by atoms with Crippen molar-refractivity contribution in [3.05, 3.63) is 34.6 Å². The molecule has 70 valence electrons. The summed E-state index contributed by atoms with van der Waals surface area (Å²) < 4.78 is 13.2. The molecule has 1 aromatic carbocycles. The van der Waals surface area contributed by atoms with Gasteiger partial charge in [0.1, 0.15) is 0 Å². The molecule has 0 aliphatic heterocycles. The predicted octanol–water partition coefficient (Wildman–Crippen LogP) is 3.02. The topological polar surface area (TPSA) is 17.1 Å². The van der Waals surface area contributed by atoms with Crippen LogP contribution in [0, 0.1) is 5.82 Å². The molecule has 0 fully saturated rings. The lowest BCUT2D eigenvalue weighted by Gasteiger charge is -2.01. The van der Waals surface area contributed by atoms with Crippen LogP contribution in [0.2, 0.25) is 5.02 Å². The van der Waals surface area contributed by atoms with Gasteiger partial charge in [-0.15, -0.1) is 0 Å². The van der Waals surface area contributed by atoms with Crippen molar-refractivity contribution < 1.29 is 9.18 Å². The first-order valence-corrected chi connectivity index (χ1v) is 5.40. The fourth-order valence-corrected chi connectivity index (χ4v) is 1.52. The number of hydrogen-bond donors (Lipinski definition) is 0. The first kappa shape index (κ1) is 10.5. The molecule has 0 spiro atoms. The second kappa shape index (κ2) is 4.63. The van der Waals surface area contributed by atoms with Gasteiger partial charge in [0.2, 0.25) is 0 Å². The Morgan fingerprint density at radius 3 is 2.92 bits per heavy atom. The summed E-state index contributed by atoms with van der Waals surface area (Å²) in [5.41, 5.74) is 0.0712. The van der Waals surface area contributed by atoms with Crippen molar-refractivity contribution in [2.45, 2.75) is 0 Å². The van der Waals surface area contributed by atoms with Crippen LogP contribution in [0.4, 0.5) is 4.39 Å². The first-order valence-electron chi connectivity index (χ1n) is 3.63. The van der Waals surface area contributed by atoms with Crippen LogP contribution in [0.3, 0.4) is 0 Å². The lowest BCUT2D eigenvalue weighted by atomic mass is 10.1. The Hall–Kier alpha value is -0.540. The van der Waals surface area contributed by atoms with Gasteiger partial charge in [0.25, 0.3) is 0 Å². The zero-order chi connectivity index (χ0) is 9.84. The van der Waals surface area contributed by atoms with Crippen LogP contribution in [0.5, 0.6) is 0 Å². The predicted molar refractivity (Wildman–Crippen MR) is 54.1 cm³/mol. The van der Waals surface area contributed by atoms with Gasteiger partial charge < -0.3 is 0 Å². The molecular weight excluding hydrogens is 211 g/mol. The van der Waals surface area contributed by atoms with Crippen molar-refractivity contribution in [1.29, 1.82) is 0 Å². The molecule has 0 radical (unpaired) electrons. The molecule has 0 amide bonds. The van der Waals surface area contributed by atoms with Gasteiger partial charge in [-0.05, 0) is 18.4 Å². The number of ketones is 1. The van der Waals surface area contributed by atoms with Gasteiger partial charge in [0, 0.05) is 0 Å². The third kappa shape index (κ3) is 2.45. The molecule has 1 rings (SSSR count). The molecule has 0 heterocycles. The Kier molecular flexibility index (Phi) is 3.75. The van der Waals surface area contributed by atoms with Gasteiger partial charge in [-0.3, -0.25) is 4.79 Å². The number of rotatable bonds is 3. The molecule has 0 bridgehead atoms. The zero-order valence-electron chi connectivity index (χ0n) is 7.01. The van der Waals surface area contributed by atoms with E-state index in [2.05, 4.69) is 0 Å². The van der Waals surface area contributed by atoms with Crippen LogP contribution in [-0.4, -0.2) is 17.8 Å². The average molecular weight is 219 g/mol. The van der Waals surface area contributed by atoms with E-state index in [0.29, 0.717) is 0 Å². The molecule has 4 heteroatoms. The summed E-state index contributed by atoms with van der Waals surface area (Å²) in [5, 5.41) is -0.00745. The van der Waals surface area contributed by atoms with Gasteiger partial charge in [0.05, 0.1) is 16.3 Å². The maximum atomic E-state index is 13.2. The van der Waals surface area contributed by atoms with Gasteiger partial charge in [-0.1, -0.05) is 17.7 Å². The largest absolute Gasteiger partial charge is 0.293 e. The van der Waals surface area contributed by atoms with Crippen molar-refractivity contribution in [1.82, 2.24) is 0 Å². The number of halogens is 2. The molecule has 0 saturated carbocycles. The van der Waals surface area contributed by atoms with Crippen LogP contribution in [-0.2, 0) is 0 Å². The minimum absolute atomic E-state index is 0.00745. The molecule has 0 aromatic heterocycles. The summed E-state index contributed by atoms with van der Waals surface area (Å²) in [4.78, 5) is 11.3. The van der Waals surface area contributed by atoms with E-state index in [-0.39, 0.29) is 22.1 Å². The van der Waals surface area contributed by atoms with Crippen molar-refractivity contribution in [2.75, 3.05) is 12.0 Å². The van der Waals surface area contributed by atoms with Crippen LogP contribution in [0.1, 0.15) is 10.4 Å². The Labute approximate surface area is 85.3 Å². The number of carbonyl (C=O) groups excluding carboxylic acids is 1. The highest BCUT2D eigenvalue weighted by Gasteiger charge is 2.12. The Morgan fingerprint density at radius 1 is 1.62 bits per heavy atom. The van der Waals surface area contributed by atoms with Crippen LogP contribution in [0.15, 0.2) is 18.2 Å². The molecule has 1 aromatic rings. The van der Waals surface area contributed by atoms with Gasteiger partial charge in [-0.25, -0.2) is 4.39 Å². The second-order valence-corrected chi connectivity index (χ2v) is 3.73. The molecule has 0 saturated heterocycles. The maximum Gasteiger partial charge on any atom is 0.175 e. The minimum Gasteiger partial charge on any atom is -0.293 e. The second-order valence-electron chi connectivity index (χ2n) is 2.46. The number of carbonyl (C=O) groups is 1. The van der Waals surface area contributed by atoms with Crippen molar-refractivity contribution in [3.8, 4) is 0 Å². The lowest BCUT2D eigenvalue weighted by molar-refractivity contribution is 0.101. The van der Waals surface area contributed by atoms with Crippen molar-refractivity contribution >= 4 is 29.1 Å². The molecule has 13 heavy (non-hydrogen) atoms. The van der Waals surface area contributed by atoms with E-state index in [9.17, 15) is 9.18 Å². The SMILES string of the molecule is CSCC(=O)c1cccc(Cl)c1F. The number of Topliss-reactive ketones (excluding diaryl/α,β-unsaturated/α-hetero) is 1. The van der Waals surface area contributed by atoms with Gasteiger partial charge in [-0.2, -0.15) is 11.8 Å². The van der Waals surface area contributed by atoms with E-state index in [4.69, 9.17) is 11.6 Å². The van der Waals surface area contributed by atoms with E-state index in [1.165, 1.54) is 23.9 Å². The summed E-state index contributed by atoms with van der Waals surface area (Å²) in [7, 11) is 0. The van der Waals surface area contributed by atoms with Crippen molar-refractivity contribution in [3.63, 3.8) is 0 Å². The number of thioether (sulfide) groups is 1. The van der Waals surface area contributed by atoms with E-state index in [1.54, 1.807) is 12.3 Å². The Morgan fingerprint density at radius 2 is 2.31 bits per heavy atom. The fourth-order valence-electron chi connectivity index (χ4n) is 0.928. The lowest BCUT2D eigenvalue weighted by Crippen LogP contribution is -2.05. The molecule has 1 nitrogen and oxygen atoms in total. The summed E-state index contributed by atoms with van der Waals surface area (Å²) in [5.74, 6) is -0.576. The van der Waals surface area contributed by atoms with Crippen LogP contribution >= 0.6 is 23.4 Å². The summed E-state index contributed by atoms with van der Waals surface area (Å²) >= 11 is 6.88. The Bertz CT molecular complexity index is 327. The minimum atomic E-state index is -0.622. The molecule has 0 aliphatic rings. The van der Waals surface area contributed by atoms with E-state index in [0.717, 1.165) is 0 Å². The van der Waals surface area contributed by atoms with E-state index in [1.807, 2.05) is 0 Å². The highest BCUT2D eigenvalue weighted by Crippen LogP contribution is 2.18. The van der Waals surface area contributed by atoms with Crippen LogP contribution < -0.4 is 0 Å². The Balaban J connectivity index is 3.01. The molecule has 0 unspecified atom stereocenters. The normalized spacial score (nSPS) is 10.1. The quantitative estimate of drug-likeness (QED) is 0.726. The average Bonchev–Trinajstić information content (AvgIpc) is 2.10. The summed E-state index contributed by atoms with van der Waals surface area (Å²) in [6.45, 7) is 0. The standard InChI is InChI=1S/C9H8ClFOS/c1-13-5-8(12)6-3-2-4-7(10)9(6)11/h2-4H,5H2,1H3. The van der Waals surface area contributed by atoms with Gasteiger partial charge >= 0.3 is 0 Å². The maximum absolute atomic E-state index is 13.2. The third-order valence-corrected chi connectivity index (χ3v) is 2.37. The molecule has 0 aliphatic carbocycles. The zero-order valence-corrected chi connectivity index (χ0v) is 8.58. The monoisotopic (exact) mass is 218 g/mol. The molecule has 0 atom stereocenters. The number of hydrogen-bond acceptors (Lipinski definition) is 2.